The summed E-state index contributed by atoms with van der Waals surface area (Å²) in [6.07, 6.45) is 2.44. The molecule has 1 aromatic carbocycles. The molecule has 0 saturated carbocycles. The van der Waals surface area contributed by atoms with Gasteiger partial charge in [0, 0.05) is 18.6 Å². The van der Waals surface area contributed by atoms with Gasteiger partial charge in [0.1, 0.15) is 0 Å². The Morgan fingerprint density at radius 3 is 2.78 bits per heavy atom. The van der Waals surface area contributed by atoms with Crippen molar-refractivity contribution in [2.75, 3.05) is 20.1 Å². The lowest BCUT2D eigenvalue weighted by Crippen LogP contribution is -2.36. The van der Waals surface area contributed by atoms with E-state index >= 15 is 0 Å². The summed E-state index contributed by atoms with van der Waals surface area (Å²) in [5.74, 6) is -1.57. The van der Waals surface area contributed by atoms with E-state index in [1.54, 1.807) is 6.07 Å². The fourth-order valence-corrected chi connectivity index (χ4v) is 2.45. The average Bonchev–Trinajstić information content (AvgIpc) is 2.75. The van der Waals surface area contributed by atoms with E-state index in [0.29, 0.717) is 6.04 Å². The minimum atomic E-state index is -0.790. The maximum absolute atomic E-state index is 13.1. The van der Waals surface area contributed by atoms with Crippen LogP contribution in [0.3, 0.4) is 0 Å². The summed E-state index contributed by atoms with van der Waals surface area (Å²) in [7, 11) is 2.13. The second-order valence-electron chi connectivity index (χ2n) is 5.08. The van der Waals surface area contributed by atoms with Crippen molar-refractivity contribution in [1.82, 2.24) is 10.2 Å². The van der Waals surface area contributed by atoms with E-state index in [9.17, 15) is 8.78 Å². The second-order valence-corrected chi connectivity index (χ2v) is 5.08. The van der Waals surface area contributed by atoms with Gasteiger partial charge in [-0.1, -0.05) is 6.07 Å². The maximum atomic E-state index is 13.1. The zero-order chi connectivity index (χ0) is 13.1. The predicted octanol–water partition coefficient (Wildman–Crippen LogP) is 2.71. The van der Waals surface area contributed by atoms with Crippen LogP contribution < -0.4 is 5.32 Å². The molecule has 2 rings (SSSR count). The smallest absolute Gasteiger partial charge is 0.159 e. The van der Waals surface area contributed by atoms with Crippen LogP contribution in [0.2, 0.25) is 0 Å². The lowest BCUT2D eigenvalue weighted by molar-refractivity contribution is 0.293. The monoisotopic (exact) mass is 254 g/mol. The summed E-state index contributed by atoms with van der Waals surface area (Å²) in [6.45, 7) is 4.00. The molecule has 0 spiro atoms. The number of nitrogens with one attached hydrogen (secondary N) is 1. The van der Waals surface area contributed by atoms with Crippen molar-refractivity contribution in [3.05, 3.63) is 35.4 Å². The average molecular weight is 254 g/mol. The van der Waals surface area contributed by atoms with Gasteiger partial charge in [0.2, 0.25) is 0 Å². The Morgan fingerprint density at radius 2 is 2.17 bits per heavy atom. The van der Waals surface area contributed by atoms with Gasteiger partial charge in [-0.3, -0.25) is 0 Å². The van der Waals surface area contributed by atoms with Crippen LogP contribution in [0.15, 0.2) is 18.2 Å². The SMILES string of the molecule is CC(NCC1CCCN1C)c1ccc(F)c(F)c1. The first-order valence-corrected chi connectivity index (χ1v) is 6.46. The topological polar surface area (TPSA) is 15.3 Å². The quantitative estimate of drug-likeness (QED) is 0.888. The molecule has 1 heterocycles. The highest BCUT2D eigenvalue weighted by Gasteiger charge is 2.21. The van der Waals surface area contributed by atoms with Gasteiger partial charge in [-0.2, -0.15) is 0 Å². The van der Waals surface area contributed by atoms with Crippen molar-refractivity contribution in [2.24, 2.45) is 0 Å². The first-order chi connectivity index (χ1) is 8.58. The van der Waals surface area contributed by atoms with Crippen molar-refractivity contribution < 1.29 is 8.78 Å². The molecule has 0 amide bonds. The van der Waals surface area contributed by atoms with E-state index in [4.69, 9.17) is 0 Å². The highest BCUT2D eigenvalue weighted by atomic mass is 19.2. The molecule has 1 aliphatic rings. The molecule has 1 N–H and O–H groups in total. The summed E-state index contributed by atoms with van der Waals surface area (Å²) >= 11 is 0. The zero-order valence-corrected chi connectivity index (χ0v) is 10.9. The van der Waals surface area contributed by atoms with Crippen molar-refractivity contribution in [1.29, 1.82) is 0 Å². The molecule has 1 aromatic rings. The maximum Gasteiger partial charge on any atom is 0.159 e. The van der Waals surface area contributed by atoms with E-state index in [1.807, 2.05) is 6.92 Å². The largest absolute Gasteiger partial charge is 0.309 e. The molecule has 2 atom stereocenters. The summed E-state index contributed by atoms with van der Waals surface area (Å²) in [5.41, 5.74) is 0.787. The van der Waals surface area contributed by atoms with Crippen molar-refractivity contribution >= 4 is 0 Å². The Balaban J connectivity index is 1.90. The van der Waals surface area contributed by atoms with Gasteiger partial charge in [-0.25, -0.2) is 8.78 Å². The van der Waals surface area contributed by atoms with Crippen LogP contribution in [0.1, 0.15) is 31.4 Å². The third-order valence-corrected chi connectivity index (χ3v) is 3.77. The van der Waals surface area contributed by atoms with Gasteiger partial charge < -0.3 is 10.2 Å². The van der Waals surface area contributed by atoms with Gasteiger partial charge in [-0.15, -0.1) is 0 Å². The molecule has 2 nitrogen and oxygen atoms in total. The number of hydrogen-bond acceptors (Lipinski definition) is 2. The minimum absolute atomic E-state index is 0.0362. The second kappa shape index (κ2) is 5.76. The highest BCUT2D eigenvalue weighted by molar-refractivity contribution is 5.20. The minimum Gasteiger partial charge on any atom is -0.309 e. The van der Waals surface area contributed by atoms with Crippen molar-refractivity contribution in [3.8, 4) is 0 Å². The molecule has 1 saturated heterocycles. The number of nitrogens with zero attached hydrogens (tertiary/aromatic N) is 1. The van der Waals surface area contributed by atoms with E-state index < -0.39 is 11.6 Å². The van der Waals surface area contributed by atoms with Crippen molar-refractivity contribution in [2.45, 2.75) is 31.8 Å². The highest BCUT2D eigenvalue weighted by Crippen LogP contribution is 2.18. The van der Waals surface area contributed by atoms with Crippen LogP contribution in [0.4, 0.5) is 8.78 Å². The Bertz CT molecular complexity index is 409. The lowest BCUT2D eigenvalue weighted by atomic mass is 10.1. The number of rotatable bonds is 4. The molecule has 1 fully saturated rings. The van der Waals surface area contributed by atoms with Gasteiger partial charge in [0.25, 0.3) is 0 Å². The Labute approximate surface area is 107 Å². The number of benzene rings is 1. The number of halogens is 2. The molecule has 0 radical (unpaired) electrons. The molecular weight excluding hydrogens is 234 g/mol. The molecule has 18 heavy (non-hydrogen) atoms. The van der Waals surface area contributed by atoms with E-state index in [2.05, 4.69) is 17.3 Å². The predicted molar refractivity (Wildman–Crippen MR) is 68.4 cm³/mol. The fourth-order valence-electron chi connectivity index (χ4n) is 2.45. The fraction of sp³-hybridized carbons (Fsp3) is 0.571. The third kappa shape index (κ3) is 3.06. The molecule has 0 aliphatic carbocycles. The van der Waals surface area contributed by atoms with Crippen LogP contribution in [-0.2, 0) is 0 Å². The van der Waals surface area contributed by atoms with Crippen LogP contribution in [0.25, 0.3) is 0 Å². The summed E-state index contributed by atoms with van der Waals surface area (Å²) < 4.78 is 26.0. The Kier molecular flexibility index (Phi) is 4.30. The van der Waals surface area contributed by atoms with E-state index in [-0.39, 0.29) is 6.04 Å². The van der Waals surface area contributed by atoms with Crippen LogP contribution in [0, 0.1) is 11.6 Å². The lowest BCUT2D eigenvalue weighted by Gasteiger charge is -2.22. The molecule has 100 valence electrons. The van der Waals surface area contributed by atoms with Gasteiger partial charge in [0.05, 0.1) is 0 Å². The Hall–Kier alpha value is -1.00. The number of hydrogen-bond donors (Lipinski definition) is 1. The van der Waals surface area contributed by atoms with E-state index in [1.165, 1.54) is 25.0 Å². The van der Waals surface area contributed by atoms with Crippen LogP contribution in [0.5, 0.6) is 0 Å². The van der Waals surface area contributed by atoms with Gasteiger partial charge in [-0.05, 0) is 51.1 Å². The van der Waals surface area contributed by atoms with Crippen LogP contribution >= 0.6 is 0 Å². The summed E-state index contributed by atoms with van der Waals surface area (Å²) in [5, 5.41) is 3.39. The summed E-state index contributed by atoms with van der Waals surface area (Å²) in [4.78, 5) is 2.34. The van der Waals surface area contributed by atoms with E-state index in [0.717, 1.165) is 18.7 Å². The first kappa shape index (κ1) is 13.4. The molecule has 2 unspecified atom stereocenters. The van der Waals surface area contributed by atoms with Gasteiger partial charge in [0.15, 0.2) is 11.6 Å². The number of likely N-dealkylation sites (N-methyl/N-ethyl adjacent to an activating group) is 1. The van der Waals surface area contributed by atoms with Crippen molar-refractivity contribution in [3.63, 3.8) is 0 Å². The standard InChI is InChI=1S/C14H20F2N2/c1-10(11-5-6-13(15)14(16)8-11)17-9-12-4-3-7-18(12)2/h5-6,8,10,12,17H,3-4,7,9H2,1-2H3. The molecule has 0 aromatic heterocycles. The molecule has 4 heteroatoms. The van der Waals surface area contributed by atoms with Gasteiger partial charge >= 0.3 is 0 Å². The molecule has 1 aliphatic heterocycles. The Morgan fingerprint density at radius 1 is 1.39 bits per heavy atom. The van der Waals surface area contributed by atoms with Crippen LogP contribution in [-0.4, -0.2) is 31.1 Å². The first-order valence-electron chi connectivity index (χ1n) is 6.46. The third-order valence-electron chi connectivity index (χ3n) is 3.77. The number of likely N-dealkylation sites (tertiary alicyclic amines) is 1. The summed E-state index contributed by atoms with van der Waals surface area (Å²) in [6, 6.07) is 4.68. The molecular formula is C14H20F2N2. The molecule has 0 bridgehead atoms. The zero-order valence-electron chi connectivity index (χ0n) is 10.9. The normalized spacial score (nSPS) is 22.3.